The molecule has 144 valence electrons. The van der Waals surface area contributed by atoms with Gasteiger partial charge in [0.1, 0.15) is 5.75 Å². The van der Waals surface area contributed by atoms with Crippen molar-refractivity contribution >= 4 is 17.8 Å². The molecule has 2 rings (SSSR count). The van der Waals surface area contributed by atoms with Gasteiger partial charge in [0.05, 0.1) is 6.21 Å². The summed E-state index contributed by atoms with van der Waals surface area (Å²) in [6.07, 6.45) is 1.63. The van der Waals surface area contributed by atoms with E-state index in [9.17, 15) is 4.79 Å². The molecule has 0 atom stereocenters. The molecule has 0 bridgehead atoms. The van der Waals surface area contributed by atoms with Gasteiger partial charge >= 0.3 is 0 Å². The summed E-state index contributed by atoms with van der Waals surface area (Å²) in [6.45, 7) is 10.4. The van der Waals surface area contributed by atoms with E-state index in [1.807, 2.05) is 36.4 Å². The van der Waals surface area contributed by atoms with Crippen LogP contribution in [0.2, 0.25) is 0 Å². The predicted octanol–water partition coefficient (Wildman–Crippen LogP) is 4.19. The minimum Gasteiger partial charge on any atom is -0.484 e. The lowest BCUT2D eigenvalue weighted by Gasteiger charge is -2.20. The summed E-state index contributed by atoms with van der Waals surface area (Å²) in [5, 5.41) is 3.99. The number of carbonyl (C=O) groups is 1. The highest BCUT2D eigenvalue weighted by Gasteiger charge is 2.03. The van der Waals surface area contributed by atoms with Crippen molar-refractivity contribution in [2.75, 3.05) is 24.6 Å². The van der Waals surface area contributed by atoms with Crippen LogP contribution >= 0.6 is 0 Å². The molecule has 0 aliphatic heterocycles. The van der Waals surface area contributed by atoms with E-state index >= 15 is 0 Å². The van der Waals surface area contributed by atoms with E-state index in [2.05, 4.69) is 55.3 Å². The fraction of sp³-hybridized carbons (Fsp3) is 0.364. The Labute approximate surface area is 162 Å². The molecule has 0 spiro atoms. The number of carbonyl (C=O) groups excluding carboxylic acids is 1. The van der Waals surface area contributed by atoms with Crippen molar-refractivity contribution in [3.63, 3.8) is 0 Å². The van der Waals surface area contributed by atoms with Crippen molar-refractivity contribution in [3.05, 3.63) is 59.7 Å². The molecule has 0 radical (unpaired) electrons. The van der Waals surface area contributed by atoms with Crippen LogP contribution in [-0.4, -0.2) is 31.8 Å². The van der Waals surface area contributed by atoms with Crippen LogP contribution in [0.5, 0.6) is 5.75 Å². The standard InChI is InChI=1S/C22H29N3O2/c1-5-25(6-2)20-11-7-18(8-12-20)15-23-24-22(26)16-27-21-13-9-19(10-14-21)17(3)4/h7-15,17H,5-6,16H2,1-4H3,(H,24,26)/b23-15+. The zero-order valence-electron chi connectivity index (χ0n) is 16.6. The Hall–Kier alpha value is -2.82. The Bertz CT molecular complexity index is 733. The van der Waals surface area contributed by atoms with Crippen LogP contribution in [0.3, 0.4) is 0 Å². The second kappa shape index (κ2) is 10.4. The van der Waals surface area contributed by atoms with E-state index in [1.54, 1.807) is 6.21 Å². The second-order valence-corrected chi connectivity index (χ2v) is 6.57. The number of hydrogen-bond acceptors (Lipinski definition) is 4. The van der Waals surface area contributed by atoms with Crippen LogP contribution in [-0.2, 0) is 4.79 Å². The first-order chi connectivity index (χ1) is 13.0. The molecular weight excluding hydrogens is 338 g/mol. The molecule has 1 N–H and O–H groups in total. The van der Waals surface area contributed by atoms with Crippen molar-refractivity contribution in [2.24, 2.45) is 5.10 Å². The van der Waals surface area contributed by atoms with Gasteiger partial charge in [-0.25, -0.2) is 5.43 Å². The summed E-state index contributed by atoms with van der Waals surface area (Å²) < 4.78 is 5.48. The van der Waals surface area contributed by atoms with Crippen LogP contribution in [0.1, 0.15) is 44.7 Å². The van der Waals surface area contributed by atoms with Crippen LogP contribution in [0.15, 0.2) is 53.6 Å². The summed E-state index contributed by atoms with van der Waals surface area (Å²) in [4.78, 5) is 14.1. The largest absolute Gasteiger partial charge is 0.484 e. The van der Waals surface area contributed by atoms with E-state index in [0.29, 0.717) is 11.7 Å². The fourth-order valence-electron chi connectivity index (χ4n) is 2.67. The Kier molecular flexibility index (Phi) is 7.86. The molecule has 0 aromatic heterocycles. The average molecular weight is 367 g/mol. The first-order valence-electron chi connectivity index (χ1n) is 9.43. The van der Waals surface area contributed by atoms with Gasteiger partial charge in [-0.3, -0.25) is 4.79 Å². The first-order valence-corrected chi connectivity index (χ1v) is 9.43. The number of hydrazone groups is 1. The van der Waals surface area contributed by atoms with Gasteiger partial charge in [-0.05, 0) is 55.2 Å². The third-order valence-electron chi connectivity index (χ3n) is 4.34. The zero-order valence-corrected chi connectivity index (χ0v) is 16.6. The van der Waals surface area contributed by atoms with Crippen molar-refractivity contribution in [1.82, 2.24) is 5.43 Å². The SMILES string of the molecule is CCN(CC)c1ccc(/C=N/NC(=O)COc2ccc(C(C)C)cc2)cc1. The third kappa shape index (κ3) is 6.44. The van der Waals surface area contributed by atoms with Gasteiger partial charge in [0.2, 0.25) is 0 Å². The third-order valence-corrected chi connectivity index (χ3v) is 4.34. The summed E-state index contributed by atoms with van der Waals surface area (Å²) in [6, 6.07) is 15.9. The summed E-state index contributed by atoms with van der Waals surface area (Å²) in [7, 11) is 0. The molecule has 2 aromatic rings. The molecule has 5 nitrogen and oxygen atoms in total. The summed E-state index contributed by atoms with van der Waals surface area (Å²) in [5.74, 6) is 0.849. The van der Waals surface area contributed by atoms with Gasteiger partial charge in [-0.2, -0.15) is 5.10 Å². The maximum absolute atomic E-state index is 11.8. The van der Waals surface area contributed by atoms with Crippen molar-refractivity contribution in [1.29, 1.82) is 0 Å². The number of benzene rings is 2. The Morgan fingerprint density at radius 2 is 1.70 bits per heavy atom. The smallest absolute Gasteiger partial charge is 0.277 e. The lowest BCUT2D eigenvalue weighted by molar-refractivity contribution is -0.123. The lowest BCUT2D eigenvalue weighted by atomic mass is 10.0. The molecule has 5 heteroatoms. The van der Waals surface area contributed by atoms with Gasteiger partial charge in [-0.15, -0.1) is 0 Å². The van der Waals surface area contributed by atoms with Crippen molar-refractivity contribution in [3.8, 4) is 5.75 Å². The van der Waals surface area contributed by atoms with Crippen LogP contribution in [0, 0.1) is 0 Å². The maximum atomic E-state index is 11.8. The van der Waals surface area contributed by atoms with E-state index < -0.39 is 0 Å². The minimum absolute atomic E-state index is 0.0702. The predicted molar refractivity (Wildman–Crippen MR) is 112 cm³/mol. The first kappa shape index (κ1) is 20.5. The second-order valence-electron chi connectivity index (χ2n) is 6.57. The maximum Gasteiger partial charge on any atom is 0.277 e. The molecule has 1 amide bonds. The number of hydrogen-bond donors (Lipinski definition) is 1. The molecule has 27 heavy (non-hydrogen) atoms. The molecule has 0 aliphatic carbocycles. The van der Waals surface area contributed by atoms with E-state index in [0.717, 1.165) is 18.7 Å². The van der Waals surface area contributed by atoms with Gasteiger partial charge in [0.15, 0.2) is 6.61 Å². The van der Waals surface area contributed by atoms with Crippen LogP contribution in [0.4, 0.5) is 5.69 Å². The fourth-order valence-corrected chi connectivity index (χ4v) is 2.67. The molecule has 2 aromatic carbocycles. The van der Waals surface area contributed by atoms with E-state index in [4.69, 9.17) is 4.74 Å². The van der Waals surface area contributed by atoms with Gasteiger partial charge in [0.25, 0.3) is 5.91 Å². The van der Waals surface area contributed by atoms with Gasteiger partial charge in [-0.1, -0.05) is 38.1 Å². The van der Waals surface area contributed by atoms with Crippen molar-refractivity contribution < 1.29 is 9.53 Å². The Morgan fingerprint density at radius 1 is 1.07 bits per heavy atom. The molecule has 0 heterocycles. The van der Waals surface area contributed by atoms with Crippen LogP contribution < -0.4 is 15.1 Å². The quantitative estimate of drug-likeness (QED) is 0.534. The van der Waals surface area contributed by atoms with Gasteiger partial charge in [0, 0.05) is 18.8 Å². The monoisotopic (exact) mass is 367 g/mol. The molecular formula is C22H29N3O2. The number of anilines is 1. The molecule has 0 saturated heterocycles. The highest BCUT2D eigenvalue weighted by atomic mass is 16.5. The minimum atomic E-state index is -0.293. The normalized spacial score (nSPS) is 11.0. The molecule has 0 fully saturated rings. The Morgan fingerprint density at radius 3 is 2.26 bits per heavy atom. The molecule has 0 aliphatic rings. The zero-order chi connectivity index (χ0) is 19.6. The Balaban J connectivity index is 1.79. The number of rotatable bonds is 9. The van der Waals surface area contributed by atoms with Crippen LogP contribution in [0.25, 0.3) is 0 Å². The topological polar surface area (TPSA) is 53.9 Å². The highest BCUT2D eigenvalue weighted by molar-refractivity contribution is 5.83. The number of ether oxygens (including phenoxy) is 1. The summed E-state index contributed by atoms with van der Waals surface area (Å²) >= 11 is 0. The molecule has 0 saturated carbocycles. The number of amides is 1. The van der Waals surface area contributed by atoms with Gasteiger partial charge < -0.3 is 9.64 Å². The van der Waals surface area contributed by atoms with Crippen molar-refractivity contribution in [2.45, 2.75) is 33.6 Å². The number of nitrogens with one attached hydrogen (secondary N) is 1. The van der Waals surface area contributed by atoms with E-state index in [1.165, 1.54) is 11.3 Å². The summed E-state index contributed by atoms with van der Waals surface area (Å²) in [5.41, 5.74) is 5.83. The lowest BCUT2D eigenvalue weighted by Crippen LogP contribution is -2.24. The van der Waals surface area contributed by atoms with E-state index in [-0.39, 0.29) is 12.5 Å². The number of nitrogens with zero attached hydrogens (tertiary/aromatic N) is 2. The average Bonchev–Trinajstić information content (AvgIpc) is 2.69. The molecule has 0 unspecified atom stereocenters. The highest BCUT2D eigenvalue weighted by Crippen LogP contribution is 2.18.